The topological polar surface area (TPSA) is 56.3 Å². The van der Waals surface area contributed by atoms with Crippen molar-refractivity contribution in [3.63, 3.8) is 0 Å². The van der Waals surface area contributed by atoms with Crippen LogP contribution in [-0.2, 0) is 11.3 Å². The van der Waals surface area contributed by atoms with E-state index in [9.17, 15) is 9.59 Å². The fourth-order valence-electron chi connectivity index (χ4n) is 7.09. The summed E-state index contributed by atoms with van der Waals surface area (Å²) in [7, 11) is 3.62. The molecule has 7 nitrogen and oxygen atoms in total. The van der Waals surface area contributed by atoms with Crippen LogP contribution in [0.4, 0.5) is 10.5 Å². The molecular weight excluding hydrogens is 500 g/mol. The number of likely N-dealkylation sites (tertiary alicyclic amines) is 1. The smallest absolute Gasteiger partial charge is 0.320 e. The molecule has 0 spiro atoms. The van der Waals surface area contributed by atoms with Crippen LogP contribution in [0.5, 0.6) is 5.75 Å². The van der Waals surface area contributed by atoms with Gasteiger partial charge in [0.1, 0.15) is 17.6 Å². The number of nitrogens with zero attached hydrogens (tertiary/aromatic N) is 4. The van der Waals surface area contributed by atoms with E-state index in [1.165, 1.54) is 29.7 Å². The largest absolute Gasteiger partial charge is 0.497 e. The number of anilines is 1. The van der Waals surface area contributed by atoms with Crippen LogP contribution < -0.4 is 9.64 Å². The van der Waals surface area contributed by atoms with Crippen molar-refractivity contribution in [3.05, 3.63) is 59.7 Å². The molecule has 5 rings (SSSR count). The van der Waals surface area contributed by atoms with Crippen molar-refractivity contribution < 1.29 is 14.3 Å². The lowest BCUT2D eigenvalue weighted by Gasteiger charge is -2.46. The number of ether oxygens (including phenoxy) is 1. The van der Waals surface area contributed by atoms with Crippen LogP contribution in [-0.4, -0.2) is 85.5 Å². The van der Waals surface area contributed by atoms with Gasteiger partial charge in [-0.3, -0.25) is 4.90 Å². The van der Waals surface area contributed by atoms with Crippen molar-refractivity contribution in [2.75, 3.05) is 51.8 Å². The van der Waals surface area contributed by atoms with Gasteiger partial charge in [-0.2, -0.15) is 0 Å². The lowest BCUT2D eigenvalue weighted by atomic mass is 9.86. The first kappa shape index (κ1) is 28.5. The molecule has 2 aliphatic heterocycles. The number of aldehydes is 1. The summed E-state index contributed by atoms with van der Waals surface area (Å²) in [6, 6.07) is 17.4. The molecule has 7 heteroatoms. The number of likely N-dealkylation sites (N-methyl/N-ethyl adjacent to an activating group) is 1. The first-order valence-electron chi connectivity index (χ1n) is 15.2. The fraction of sp³-hybridized carbons (Fsp3) is 0.576. The first-order valence-corrected chi connectivity index (χ1v) is 15.2. The normalized spacial score (nSPS) is 22.7. The van der Waals surface area contributed by atoms with Gasteiger partial charge in [-0.15, -0.1) is 0 Å². The molecule has 0 radical (unpaired) electrons. The summed E-state index contributed by atoms with van der Waals surface area (Å²) in [5.74, 6) is 1.29. The zero-order chi connectivity index (χ0) is 28.1. The van der Waals surface area contributed by atoms with Gasteiger partial charge in [-0.25, -0.2) is 4.79 Å². The number of piperidine rings is 1. The highest BCUT2D eigenvalue weighted by molar-refractivity contribution is 5.81. The van der Waals surface area contributed by atoms with Crippen molar-refractivity contribution in [2.45, 2.75) is 75.9 Å². The van der Waals surface area contributed by atoms with Gasteiger partial charge >= 0.3 is 6.03 Å². The van der Waals surface area contributed by atoms with Gasteiger partial charge in [0.05, 0.1) is 7.11 Å². The number of urea groups is 1. The molecule has 0 N–H and O–H groups in total. The molecule has 1 saturated carbocycles. The van der Waals surface area contributed by atoms with Crippen LogP contribution in [0.2, 0.25) is 0 Å². The first-order chi connectivity index (χ1) is 19.5. The molecule has 216 valence electrons. The van der Waals surface area contributed by atoms with Crippen LogP contribution in [0.3, 0.4) is 0 Å². The number of carbonyl (C=O) groups is 2. The number of hydrogen-bond donors (Lipinski definition) is 0. The number of methoxy groups -OCH3 is 1. The Bertz CT molecular complexity index is 1140. The molecule has 0 bridgehead atoms. The summed E-state index contributed by atoms with van der Waals surface area (Å²) in [6.07, 6.45) is 7.93. The monoisotopic (exact) mass is 546 g/mol. The van der Waals surface area contributed by atoms with Gasteiger partial charge in [-0.05, 0) is 93.2 Å². The van der Waals surface area contributed by atoms with Crippen molar-refractivity contribution >= 4 is 18.0 Å². The zero-order valence-electron chi connectivity index (χ0n) is 24.6. The Kier molecular flexibility index (Phi) is 8.99. The van der Waals surface area contributed by atoms with Gasteiger partial charge in [0.15, 0.2) is 0 Å². The van der Waals surface area contributed by atoms with Gasteiger partial charge in [0.2, 0.25) is 0 Å². The molecule has 2 heterocycles. The van der Waals surface area contributed by atoms with Crippen molar-refractivity contribution in [2.24, 2.45) is 0 Å². The number of rotatable bonds is 9. The molecule has 40 heavy (non-hydrogen) atoms. The lowest BCUT2D eigenvalue weighted by molar-refractivity contribution is -0.120. The maximum absolute atomic E-state index is 13.8. The summed E-state index contributed by atoms with van der Waals surface area (Å²) in [6.45, 7) is 7.34. The van der Waals surface area contributed by atoms with Crippen LogP contribution in [0.25, 0.3) is 0 Å². The van der Waals surface area contributed by atoms with E-state index in [1.807, 2.05) is 35.9 Å². The van der Waals surface area contributed by atoms with Crippen molar-refractivity contribution in [1.29, 1.82) is 0 Å². The highest BCUT2D eigenvalue weighted by Gasteiger charge is 2.44. The lowest BCUT2D eigenvalue weighted by Crippen LogP contribution is -2.61. The highest BCUT2D eigenvalue weighted by Crippen LogP contribution is 2.38. The van der Waals surface area contributed by atoms with Crippen LogP contribution in [0.1, 0.15) is 68.9 Å². The van der Waals surface area contributed by atoms with Crippen LogP contribution in [0, 0.1) is 0 Å². The minimum Gasteiger partial charge on any atom is -0.497 e. The molecule has 2 saturated heterocycles. The predicted molar refractivity (Wildman–Crippen MR) is 160 cm³/mol. The second-order valence-corrected chi connectivity index (χ2v) is 11.9. The molecule has 0 aromatic heterocycles. The van der Waals surface area contributed by atoms with Crippen molar-refractivity contribution in [3.8, 4) is 5.75 Å². The van der Waals surface area contributed by atoms with E-state index in [2.05, 4.69) is 46.2 Å². The third-order valence-corrected chi connectivity index (χ3v) is 9.66. The molecule has 2 amide bonds. The predicted octanol–water partition coefficient (Wildman–Crippen LogP) is 5.54. The highest BCUT2D eigenvalue weighted by atomic mass is 16.5. The van der Waals surface area contributed by atoms with Crippen LogP contribution >= 0.6 is 0 Å². The summed E-state index contributed by atoms with van der Waals surface area (Å²) < 4.78 is 5.42. The quantitative estimate of drug-likeness (QED) is 0.387. The maximum Gasteiger partial charge on any atom is 0.320 e. The van der Waals surface area contributed by atoms with Gasteiger partial charge < -0.3 is 24.2 Å². The van der Waals surface area contributed by atoms with Crippen LogP contribution in [0.15, 0.2) is 48.5 Å². The summed E-state index contributed by atoms with van der Waals surface area (Å²) in [5, 5.41) is 0. The molecular formula is C33H46N4O3. The van der Waals surface area contributed by atoms with Gasteiger partial charge in [-0.1, -0.05) is 24.3 Å². The standard InChI is InChI=1S/C33H46N4O3/c1-4-37(32(39)34(2)30-15-12-28(22-30)27-8-7-9-31(23-27)40-3)33(25-38)16-20-35(21-17-33)24-26-10-13-29(14-11-26)36-18-5-6-19-36/h7-11,13-14,23,25,28,30H,4-6,12,15-22,24H2,1-3H3. The van der Waals surface area contributed by atoms with Gasteiger partial charge in [0.25, 0.3) is 0 Å². The molecule has 2 unspecified atom stereocenters. The second-order valence-electron chi connectivity index (χ2n) is 11.9. The number of carbonyl (C=O) groups excluding carboxylic acids is 2. The average Bonchev–Trinajstić information content (AvgIpc) is 3.72. The zero-order valence-corrected chi connectivity index (χ0v) is 24.6. The Hall–Kier alpha value is -3.06. The summed E-state index contributed by atoms with van der Waals surface area (Å²) in [4.78, 5) is 35.1. The average molecular weight is 547 g/mol. The number of benzene rings is 2. The Labute approximate surface area is 240 Å². The number of hydrogen-bond acceptors (Lipinski definition) is 5. The maximum atomic E-state index is 13.8. The van der Waals surface area contributed by atoms with E-state index in [1.54, 1.807) is 7.11 Å². The minimum absolute atomic E-state index is 0.0168. The van der Waals surface area contributed by atoms with E-state index in [0.29, 0.717) is 25.3 Å². The Balaban J connectivity index is 1.17. The molecule has 2 aromatic carbocycles. The Morgan fingerprint density at radius 3 is 2.42 bits per heavy atom. The molecule has 3 aliphatic rings. The van der Waals surface area contributed by atoms with Crippen molar-refractivity contribution in [1.82, 2.24) is 14.7 Å². The minimum atomic E-state index is -0.735. The fourth-order valence-corrected chi connectivity index (χ4v) is 7.09. The van der Waals surface area contributed by atoms with E-state index in [-0.39, 0.29) is 12.1 Å². The number of amides is 2. The second kappa shape index (κ2) is 12.6. The Morgan fingerprint density at radius 1 is 1.05 bits per heavy atom. The third-order valence-electron chi connectivity index (χ3n) is 9.66. The van der Waals surface area contributed by atoms with E-state index in [4.69, 9.17) is 4.74 Å². The summed E-state index contributed by atoms with van der Waals surface area (Å²) >= 11 is 0. The summed E-state index contributed by atoms with van der Waals surface area (Å²) in [5.41, 5.74) is 3.16. The third kappa shape index (κ3) is 5.99. The molecule has 1 aliphatic carbocycles. The molecule has 3 fully saturated rings. The molecule has 2 atom stereocenters. The van der Waals surface area contributed by atoms with E-state index in [0.717, 1.165) is 64.0 Å². The van der Waals surface area contributed by atoms with E-state index < -0.39 is 5.54 Å². The SMILES string of the molecule is CCN(C(=O)N(C)C1CCC(c2cccc(OC)c2)C1)C1(C=O)CCN(Cc2ccc(N3CCCC3)cc2)CC1. The molecule has 2 aromatic rings. The van der Waals surface area contributed by atoms with Gasteiger partial charge in [0, 0.05) is 58.0 Å². The van der Waals surface area contributed by atoms with E-state index >= 15 is 0 Å². The Morgan fingerprint density at radius 2 is 1.77 bits per heavy atom.